The molecule has 0 saturated carbocycles. The Morgan fingerprint density at radius 1 is 1.15 bits per heavy atom. The van der Waals surface area contributed by atoms with E-state index in [1.165, 1.54) is 19.3 Å². The third kappa shape index (κ3) is 5.84. The molecule has 5 heteroatoms. The first kappa shape index (κ1) is 17.5. The molecule has 1 N–H and O–H groups in total. The lowest BCUT2D eigenvalue weighted by atomic mass is 10.1. The maximum atomic E-state index is 6.31. The fraction of sp³-hybridized carbons (Fsp3) is 0.733. The lowest BCUT2D eigenvalue weighted by Gasteiger charge is -2.18. The highest BCUT2D eigenvalue weighted by atomic mass is 35.5. The van der Waals surface area contributed by atoms with Crippen LogP contribution in [-0.2, 0) is 6.42 Å². The molecule has 0 radical (unpaired) electrons. The Bertz CT molecular complexity index is 385. The van der Waals surface area contributed by atoms with E-state index in [9.17, 15) is 0 Å². The number of nitrogens with one attached hydrogen (secondary N) is 1. The van der Waals surface area contributed by atoms with Crippen LogP contribution in [0.5, 0.6) is 0 Å². The lowest BCUT2D eigenvalue weighted by molar-refractivity contribution is 0.560. The molecule has 1 aromatic rings. The Balaban J connectivity index is 2.47. The Morgan fingerprint density at radius 3 is 2.55 bits per heavy atom. The summed E-state index contributed by atoms with van der Waals surface area (Å²) in [7, 11) is 0. The highest BCUT2D eigenvalue weighted by Crippen LogP contribution is 2.24. The topological polar surface area (TPSA) is 37.8 Å². The Morgan fingerprint density at radius 2 is 1.90 bits per heavy atom. The van der Waals surface area contributed by atoms with Gasteiger partial charge in [-0.3, -0.25) is 0 Å². The summed E-state index contributed by atoms with van der Waals surface area (Å²) in [5.74, 6) is 1.54. The van der Waals surface area contributed by atoms with E-state index in [2.05, 4.69) is 22.2 Å². The molecule has 1 unspecified atom stereocenters. The molecule has 1 rings (SSSR count). The van der Waals surface area contributed by atoms with Crippen molar-refractivity contribution in [3.8, 4) is 0 Å². The monoisotopic (exact) mass is 317 g/mol. The van der Waals surface area contributed by atoms with E-state index in [1.807, 2.05) is 6.92 Å². The molecule has 0 amide bonds. The van der Waals surface area contributed by atoms with Crippen LogP contribution in [0.2, 0.25) is 5.02 Å². The quantitative estimate of drug-likeness (QED) is 0.483. The second kappa shape index (κ2) is 10.2. The molecule has 1 atom stereocenters. The van der Waals surface area contributed by atoms with Gasteiger partial charge in [0, 0.05) is 11.9 Å². The van der Waals surface area contributed by atoms with Crippen molar-refractivity contribution >= 4 is 29.0 Å². The number of halogens is 2. The van der Waals surface area contributed by atoms with Gasteiger partial charge in [-0.15, -0.1) is 11.6 Å². The first-order valence-corrected chi connectivity index (χ1v) is 8.46. The normalized spacial score (nSPS) is 12.4. The van der Waals surface area contributed by atoms with Gasteiger partial charge in [-0.05, 0) is 25.7 Å². The van der Waals surface area contributed by atoms with Gasteiger partial charge in [0.25, 0.3) is 0 Å². The van der Waals surface area contributed by atoms with Crippen molar-refractivity contribution in [2.24, 2.45) is 0 Å². The maximum absolute atomic E-state index is 6.31. The summed E-state index contributed by atoms with van der Waals surface area (Å²) in [6.45, 7) is 4.23. The number of aryl methyl sites for hydroxylation is 1. The average Bonchev–Trinajstić information content (AvgIpc) is 2.47. The molecular weight excluding hydrogens is 293 g/mol. The molecule has 0 saturated heterocycles. The largest absolute Gasteiger partial charge is 0.366 e. The zero-order chi connectivity index (χ0) is 14.8. The first-order valence-electron chi connectivity index (χ1n) is 7.54. The SMILES string of the molecule is CCc1ncnc(NC(CC)CCCCCCCl)c1Cl. The van der Waals surface area contributed by atoms with Gasteiger partial charge in [0.2, 0.25) is 0 Å². The third-order valence-electron chi connectivity index (χ3n) is 3.47. The summed E-state index contributed by atoms with van der Waals surface area (Å²) in [4.78, 5) is 8.45. The standard InChI is InChI=1S/C15H25Cl2N3/c1-3-12(9-7-5-6-8-10-16)20-15-14(17)13(4-2)18-11-19-15/h11-12H,3-10H2,1-2H3,(H,18,19,20). The molecule has 0 aromatic carbocycles. The summed E-state index contributed by atoms with van der Waals surface area (Å²) in [5.41, 5.74) is 0.904. The highest BCUT2D eigenvalue weighted by Gasteiger charge is 2.12. The Labute approximate surface area is 132 Å². The van der Waals surface area contributed by atoms with Crippen LogP contribution in [-0.4, -0.2) is 21.9 Å². The van der Waals surface area contributed by atoms with Gasteiger partial charge in [-0.2, -0.15) is 0 Å². The molecule has 0 bridgehead atoms. The van der Waals surface area contributed by atoms with Crippen LogP contribution in [0.15, 0.2) is 6.33 Å². The van der Waals surface area contributed by atoms with E-state index in [4.69, 9.17) is 23.2 Å². The van der Waals surface area contributed by atoms with Crippen molar-refractivity contribution in [3.05, 3.63) is 17.0 Å². The average molecular weight is 318 g/mol. The number of aromatic nitrogens is 2. The van der Waals surface area contributed by atoms with Gasteiger partial charge < -0.3 is 5.32 Å². The molecular formula is C15H25Cl2N3. The van der Waals surface area contributed by atoms with E-state index < -0.39 is 0 Å². The van der Waals surface area contributed by atoms with Crippen LogP contribution in [0.25, 0.3) is 0 Å². The number of hydrogen-bond acceptors (Lipinski definition) is 3. The molecule has 1 heterocycles. The van der Waals surface area contributed by atoms with Gasteiger partial charge in [-0.1, -0.05) is 44.7 Å². The molecule has 0 aliphatic rings. The Hall–Kier alpha value is -0.540. The minimum absolute atomic E-state index is 0.420. The van der Waals surface area contributed by atoms with E-state index in [0.717, 1.165) is 43.1 Å². The van der Waals surface area contributed by atoms with Gasteiger partial charge in [0.15, 0.2) is 0 Å². The van der Waals surface area contributed by atoms with Crippen molar-refractivity contribution in [3.63, 3.8) is 0 Å². The van der Waals surface area contributed by atoms with Crippen molar-refractivity contribution in [1.29, 1.82) is 0 Å². The van der Waals surface area contributed by atoms with E-state index in [0.29, 0.717) is 11.1 Å². The number of hydrogen-bond donors (Lipinski definition) is 1. The van der Waals surface area contributed by atoms with Crippen molar-refractivity contribution < 1.29 is 0 Å². The number of anilines is 1. The summed E-state index contributed by atoms with van der Waals surface area (Å²) in [5, 5.41) is 4.12. The minimum atomic E-state index is 0.420. The van der Waals surface area contributed by atoms with Gasteiger partial charge >= 0.3 is 0 Å². The predicted octanol–water partition coefficient (Wildman–Crippen LogP) is 5.07. The number of unbranched alkanes of at least 4 members (excludes halogenated alkanes) is 3. The predicted molar refractivity (Wildman–Crippen MR) is 87.9 cm³/mol. The van der Waals surface area contributed by atoms with E-state index in [1.54, 1.807) is 6.33 Å². The van der Waals surface area contributed by atoms with E-state index in [-0.39, 0.29) is 0 Å². The second-order valence-corrected chi connectivity index (χ2v) is 5.73. The molecule has 1 aromatic heterocycles. The van der Waals surface area contributed by atoms with Crippen LogP contribution < -0.4 is 5.32 Å². The van der Waals surface area contributed by atoms with Gasteiger partial charge in [0.1, 0.15) is 17.2 Å². The first-order chi connectivity index (χ1) is 9.72. The number of alkyl halides is 1. The molecule has 0 aliphatic carbocycles. The lowest BCUT2D eigenvalue weighted by Crippen LogP contribution is -2.19. The van der Waals surface area contributed by atoms with Crippen LogP contribution in [0, 0.1) is 0 Å². The van der Waals surface area contributed by atoms with Crippen LogP contribution in [0.1, 0.15) is 58.1 Å². The molecule has 0 aliphatic heterocycles. The van der Waals surface area contributed by atoms with Crippen LogP contribution >= 0.6 is 23.2 Å². The van der Waals surface area contributed by atoms with Crippen molar-refractivity contribution in [2.45, 2.75) is 64.8 Å². The zero-order valence-electron chi connectivity index (χ0n) is 12.5. The van der Waals surface area contributed by atoms with Crippen molar-refractivity contribution in [1.82, 2.24) is 9.97 Å². The Kier molecular flexibility index (Phi) is 8.95. The van der Waals surface area contributed by atoms with Crippen LogP contribution in [0.4, 0.5) is 5.82 Å². The molecule has 0 fully saturated rings. The smallest absolute Gasteiger partial charge is 0.148 e. The zero-order valence-corrected chi connectivity index (χ0v) is 14.0. The molecule has 3 nitrogen and oxygen atoms in total. The summed E-state index contributed by atoms with van der Waals surface area (Å²) in [6.07, 6.45) is 9.40. The maximum Gasteiger partial charge on any atom is 0.148 e. The molecule has 114 valence electrons. The number of rotatable bonds is 10. The van der Waals surface area contributed by atoms with Crippen molar-refractivity contribution in [2.75, 3.05) is 11.2 Å². The van der Waals surface area contributed by atoms with Gasteiger partial charge in [-0.25, -0.2) is 9.97 Å². The second-order valence-electron chi connectivity index (χ2n) is 4.98. The summed E-state index contributed by atoms with van der Waals surface area (Å²) < 4.78 is 0. The minimum Gasteiger partial charge on any atom is -0.366 e. The van der Waals surface area contributed by atoms with E-state index >= 15 is 0 Å². The summed E-state index contributed by atoms with van der Waals surface area (Å²) in [6, 6.07) is 0.420. The number of nitrogens with zero attached hydrogens (tertiary/aromatic N) is 2. The fourth-order valence-corrected chi connectivity index (χ4v) is 2.64. The molecule has 20 heavy (non-hydrogen) atoms. The fourth-order valence-electron chi connectivity index (χ4n) is 2.16. The third-order valence-corrected chi connectivity index (χ3v) is 4.13. The van der Waals surface area contributed by atoms with Gasteiger partial charge in [0.05, 0.1) is 5.69 Å². The van der Waals surface area contributed by atoms with Crippen LogP contribution in [0.3, 0.4) is 0 Å². The highest BCUT2D eigenvalue weighted by molar-refractivity contribution is 6.33. The molecule has 0 spiro atoms. The summed E-state index contributed by atoms with van der Waals surface area (Å²) >= 11 is 12.0.